The third-order valence-corrected chi connectivity index (χ3v) is 4.84. The number of halogens is 2. The third-order valence-electron chi connectivity index (χ3n) is 4.84. The molecule has 1 atom stereocenters. The lowest BCUT2D eigenvalue weighted by molar-refractivity contribution is 0.123. The highest BCUT2D eigenvalue weighted by Gasteiger charge is 2.32. The number of alkyl halides is 2. The van der Waals surface area contributed by atoms with Crippen LogP contribution < -0.4 is 10.5 Å². The van der Waals surface area contributed by atoms with E-state index in [1.54, 1.807) is 24.3 Å². The molecular weight excluding hydrogens is 352 g/mol. The van der Waals surface area contributed by atoms with Crippen molar-refractivity contribution in [1.29, 1.82) is 0 Å². The number of hydrogen-bond donors (Lipinski definition) is 0. The zero-order valence-electron chi connectivity index (χ0n) is 14.8. The molecule has 1 unspecified atom stereocenters. The fourth-order valence-corrected chi connectivity index (χ4v) is 3.61. The van der Waals surface area contributed by atoms with Crippen LogP contribution in [-0.4, -0.2) is 32.7 Å². The van der Waals surface area contributed by atoms with E-state index in [-0.39, 0.29) is 6.04 Å². The smallest absolute Gasteiger partial charge is 0.261 e. The normalized spacial score (nSPS) is 17.2. The Bertz CT molecular complexity index is 1020. The van der Waals surface area contributed by atoms with Gasteiger partial charge in [-0.3, -0.25) is 9.36 Å². The molecule has 1 aliphatic rings. The standard InChI is InChI=1S/C19H19F2N5O/c1-12-8-9-17(24-23-12)25-10-4-7-15(25)18-22-14-6-3-2-5-13(14)19(27)26(18)11-16(20)21/h2-3,5-6,8-9,15-16H,4,7,10-11H2,1H3. The average molecular weight is 371 g/mol. The van der Waals surface area contributed by atoms with Crippen LogP contribution in [0.25, 0.3) is 10.9 Å². The summed E-state index contributed by atoms with van der Waals surface area (Å²) in [6.45, 7) is 1.89. The molecule has 3 heterocycles. The molecule has 3 aromatic rings. The number of aromatic nitrogens is 4. The van der Waals surface area contributed by atoms with Gasteiger partial charge in [0.15, 0.2) is 5.82 Å². The van der Waals surface area contributed by atoms with Gasteiger partial charge in [-0.15, -0.1) is 5.10 Å². The molecule has 6 nitrogen and oxygen atoms in total. The van der Waals surface area contributed by atoms with Gasteiger partial charge in [0.05, 0.1) is 29.2 Å². The van der Waals surface area contributed by atoms with Crippen molar-refractivity contribution in [3.63, 3.8) is 0 Å². The zero-order chi connectivity index (χ0) is 19.0. The molecule has 0 spiro atoms. The van der Waals surface area contributed by atoms with Crippen LogP contribution in [-0.2, 0) is 6.54 Å². The van der Waals surface area contributed by atoms with Crippen LogP contribution in [0.4, 0.5) is 14.6 Å². The first-order chi connectivity index (χ1) is 13.0. The van der Waals surface area contributed by atoms with Gasteiger partial charge < -0.3 is 4.90 Å². The number of nitrogens with zero attached hydrogens (tertiary/aromatic N) is 5. The number of fused-ring (bicyclic) bond motifs is 1. The minimum absolute atomic E-state index is 0.293. The summed E-state index contributed by atoms with van der Waals surface area (Å²) in [5, 5.41) is 8.66. The summed E-state index contributed by atoms with van der Waals surface area (Å²) in [5.74, 6) is 1.02. The van der Waals surface area contributed by atoms with E-state index in [0.717, 1.165) is 16.7 Å². The van der Waals surface area contributed by atoms with Crippen molar-refractivity contribution < 1.29 is 8.78 Å². The summed E-state index contributed by atoms with van der Waals surface area (Å²) in [7, 11) is 0. The second-order valence-corrected chi connectivity index (χ2v) is 6.68. The molecule has 1 aromatic carbocycles. The van der Waals surface area contributed by atoms with Gasteiger partial charge in [0.25, 0.3) is 12.0 Å². The lowest BCUT2D eigenvalue weighted by atomic mass is 10.1. The number of aryl methyl sites for hydroxylation is 1. The summed E-state index contributed by atoms with van der Waals surface area (Å²) < 4.78 is 27.5. The lowest BCUT2D eigenvalue weighted by Gasteiger charge is -2.27. The fraction of sp³-hybridized carbons (Fsp3) is 0.368. The first-order valence-corrected chi connectivity index (χ1v) is 8.89. The minimum Gasteiger partial charge on any atom is -0.345 e. The molecule has 2 aromatic heterocycles. The fourth-order valence-electron chi connectivity index (χ4n) is 3.61. The summed E-state index contributed by atoms with van der Waals surface area (Å²) in [6, 6.07) is 10.3. The molecule has 140 valence electrons. The van der Waals surface area contributed by atoms with Crippen molar-refractivity contribution in [2.75, 3.05) is 11.4 Å². The molecule has 0 saturated carbocycles. The van der Waals surface area contributed by atoms with Crippen LogP contribution in [0, 0.1) is 6.92 Å². The Kier molecular flexibility index (Phi) is 4.55. The Hall–Kier alpha value is -2.90. The van der Waals surface area contributed by atoms with E-state index in [1.165, 1.54) is 0 Å². The van der Waals surface area contributed by atoms with E-state index in [2.05, 4.69) is 15.2 Å². The molecule has 1 saturated heterocycles. The van der Waals surface area contributed by atoms with Gasteiger partial charge in [0.1, 0.15) is 5.82 Å². The molecule has 0 bridgehead atoms. The molecule has 4 rings (SSSR count). The van der Waals surface area contributed by atoms with Crippen molar-refractivity contribution in [2.45, 2.75) is 38.8 Å². The van der Waals surface area contributed by atoms with Crippen molar-refractivity contribution in [1.82, 2.24) is 19.7 Å². The Morgan fingerprint density at radius 2 is 2.00 bits per heavy atom. The van der Waals surface area contributed by atoms with Gasteiger partial charge in [-0.25, -0.2) is 13.8 Å². The molecular formula is C19H19F2N5O. The van der Waals surface area contributed by atoms with E-state index in [4.69, 9.17) is 0 Å². The first-order valence-electron chi connectivity index (χ1n) is 8.89. The zero-order valence-corrected chi connectivity index (χ0v) is 14.8. The highest BCUT2D eigenvalue weighted by atomic mass is 19.3. The van der Waals surface area contributed by atoms with Crippen LogP contribution in [0.3, 0.4) is 0 Å². The second kappa shape index (κ2) is 7.02. The maximum atomic E-state index is 13.2. The second-order valence-electron chi connectivity index (χ2n) is 6.68. The van der Waals surface area contributed by atoms with E-state index in [1.807, 2.05) is 24.0 Å². The summed E-state index contributed by atoms with van der Waals surface area (Å²) in [5.41, 5.74) is 0.885. The van der Waals surface area contributed by atoms with Gasteiger partial charge in [-0.2, -0.15) is 5.10 Å². The largest absolute Gasteiger partial charge is 0.345 e. The highest BCUT2D eigenvalue weighted by Crippen LogP contribution is 2.34. The van der Waals surface area contributed by atoms with E-state index in [0.29, 0.717) is 35.5 Å². The van der Waals surface area contributed by atoms with Gasteiger partial charge in [-0.05, 0) is 44.0 Å². The Morgan fingerprint density at radius 3 is 2.74 bits per heavy atom. The maximum absolute atomic E-state index is 13.2. The molecule has 1 fully saturated rings. The number of hydrogen-bond acceptors (Lipinski definition) is 5. The summed E-state index contributed by atoms with van der Waals surface area (Å²) >= 11 is 0. The molecule has 1 aliphatic heterocycles. The van der Waals surface area contributed by atoms with Crippen molar-refractivity contribution in [2.24, 2.45) is 0 Å². The SMILES string of the molecule is Cc1ccc(N2CCCC2c2nc3ccccc3c(=O)n2CC(F)F)nn1. The van der Waals surface area contributed by atoms with Gasteiger partial charge in [0.2, 0.25) is 0 Å². The van der Waals surface area contributed by atoms with Gasteiger partial charge >= 0.3 is 0 Å². The average Bonchev–Trinajstić information content (AvgIpc) is 3.14. The minimum atomic E-state index is -2.64. The topological polar surface area (TPSA) is 63.9 Å². The Labute approximate surface area is 154 Å². The van der Waals surface area contributed by atoms with Crippen LogP contribution in [0.1, 0.15) is 30.4 Å². The van der Waals surface area contributed by atoms with Crippen molar-refractivity contribution in [3.05, 3.63) is 58.3 Å². The third kappa shape index (κ3) is 3.27. The predicted molar refractivity (Wildman–Crippen MR) is 98.1 cm³/mol. The number of para-hydroxylation sites is 1. The highest BCUT2D eigenvalue weighted by molar-refractivity contribution is 5.77. The van der Waals surface area contributed by atoms with Gasteiger partial charge in [0, 0.05) is 6.54 Å². The van der Waals surface area contributed by atoms with Crippen molar-refractivity contribution in [3.8, 4) is 0 Å². The van der Waals surface area contributed by atoms with E-state index < -0.39 is 18.5 Å². The molecule has 8 heteroatoms. The van der Waals surface area contributed by atoms with Crippen LogP contribution in [0.15, 0.2) is 41.2 Å². The summed E-state index contributed by atoms with van der Waals surface area (Å²) in [4.78, 5) is 19.5. The first kappa shape index (κ1) is 17.5. The summed E-state index contributed by atoms with van der Waals surface area (Å²) in [6.07, 6.45) is -1.07. The quantitative estimate of drug-likeness (QED) is 0.705. The van der Waals surface area contributed by atoms with E-state index >= 15 is 0 Å². The number of anilines is 1. The van der Waals surface area contributed by atoms with Crippen LogP contribution in [0.2, 0.25) is 0 Å². The lowest BCUT2D eigenvalue weighted by Crippen LogP contribution is -2.34. The molecule has 0 N–H and O–H groups in total. The Balaban J connectivity index is 1.86. The van der Waals surface area contributed by atoms with E-state index in [9.17, 15) is 13.6 Å². The molecule has 27 heavy (non-hydrogen) atoms. The molecule has 0 amide bonds. The molecule has 0 aliphatic carbocycles. The number of rotatable bonds is 4. The molecule has 0 radical (unpaired) electrons. The van der Waals surface area contributed by atoms with Gasteiger partial charge in [-0.1, -0.05) is 12.1 Å². The predicted octanol–water partition coefficient (Wildman–Crippen LogP) is 3.10. The Morgan fingerprint density at radius 1 is 1.19 bits per heavy atom. The monoisotopic (exact) mass is 371 g/mol. The van der Waals surface area contributed by atoms with Crippen LogP contribution >= 0.6 is 0 Å². The van der Waals surface area contributed by atoms with Crippen molar-refractivity contribution >= 4 is 16.7 Å². The maximum Gasteiger partial charge on any atom is 0.261 e. The van der Waals surface area contributed by atoms with Crippen LogP contribution in [0.5, 0.6) is 0 Å². The number of benzene rings is 1.